The zero-order chi connectivity index (χ0) is 18.6. The number of aryl methyl sites for hydroxylation is 1. The molecule has 0 bridgehead atoms. The number of nitrogens with zero attached hydrogens (tertiary/aromatic N) is 3. The summed E-state index contributed by atoms with van der Waals surface area (Å²) in [6.45, 7) is 1.95. The van der Waals surface area contributed by atoms with Crippen LogP contribution in [0.1, 0.15) is 23.2 Å². The summed E-state index contributed by atoms with van der Waals surface area (Å²) in [7, 11) is 0. The Morgan fingerprint density at radius 1 is 0.963 bits per heavy atom. The van der Waals surface area contributed by atoms with Crippen molar-refractivity contribution >= 4 is 11.6 Å². The molecular formula is C20H16N4O3. The van der Waals surface area contributed by atoms with E-state index in [0.29, 0.717) is 35.1 Å². The lowest BCUT2D eigenvalue weighted by Crippen LogP contribution is -2.11. The van der Waals surface area contributed by atoms with Gasteiger partial charge < -0.3 is 14.4 Å². The number of amides is 1. The normalized spacial score (nSPS) is 10.7. The molecule has 1 N–H and O–H groups in total. The molecule has 0 radical (unpaired) electrons. The largest absolute Gasteiger partial charge is 0.356 e. The zero-order valence-electron chi connectivity index (χ0n) is 14.5. The van der Waals surface area contributed by atoms with Gasteiger partial charge >= 0.3 is 0 Å². The molecule has 7 heteroatoms. The number of hydrogen-bond acceptors (Lipinski definition) is 6. The first-order valence-electron chi connectivity index (χ1n) is 8.48. The molecule has 0 saturated heterocycles. The third-order valence-electron chi connectivity index (χ3n) is 4.04. The van der Waals surface area contributed by atoms with Crippen molar-refractivity contribution < 1.29 is 13.8 Å². The van der Waals surface area contributed by atoms with Gasteiger partial charge in [0.05, 0.1) is 6.20 Å². The topological polar surface area (TPSA) is 94.1 Å². The van der Waals surface area contributed by atoms with Gasteiger partial charge in [-0.25, -0.2) is 0 Å². The van der Waals surface area contributed by atoms with Crippen molar-refractivity contribution in [3.63, 3.8) is 0 Å². The number of aromatic nitrogens is 3. The predicted octanol–water partition coefficient (Wildman–Crippen LogP) is 4.21. The van der Waals surface area contributed by atoms with E-state index in [2.05, 4.69) is 20.6 Å². The summed E-state index contributed by atoms with van der Waals surface area (Å²) in [5.41, 5.74) is 2.92. The van der Waals surface area contributed by atoms with E-state index in [1.807, 2.05) is 31.2 Å². The van der Waals surface area contributed by atoms with E-state index in [-0.39, 0.29) is 5.91 Å². The molecule has 7 nitrogen and oxygen atoms in total. The van der Waals surface area contributed by atoms with Crippen molar-refractivity contribution in [2.45, 2.75) is 13.3 Å². The van der Waals surface area contributed by atoms with Gasteiger partial charge in [0.1, 0.15) is 0 Å². The fourth-order valence-electron chi connectivity index (χ4n) is 2.57. The van der Waals surface area contributed by atoms with Gasteiger partial charge in [-0.05, 0) is 36.4 Å². The van der Waals surface area contributed by atoms with E-state index >= 15 is 0 Å². The average molecular weight is 360 g/mol. The lowest BCUT2D eigenvalue weighted by molar-refractivity contribution is 0.102. The summed E-state index contributed by atoms with van der Waals surface area (Å²) >= 11 is 0. The molecule has 0 fully saturated rings. The van der Waals surface area contributed by atoms with Gasteiger partial charge in [0, 0.05) is 34.9 Å². The number of benzene rings is 2. The Bertz CT molecular complexity index is 1040. The lowest BCUT2D eigenvalue weighted by atomic mass is 10.1. The molecule has 0 saturated carbocycles. The molecule has 2 aromatic carbocycles. The fourth-order valence-corrected chi connectivity index (χ4v) is 2.57. The van der Waals surface area contributed by atoms with E-state index in [1.54, 1.807) is 36.5 Å². The van der Waals surface area contributed by atoms with Crippen LogP contribution in [0.15, 0.2) is 69.8 Å². The molecule has 0 spiro atoms. The minimum atomic E-state index is -0.198. The maximum Gasteiger partial charge on any atom is 0.255 e. The van der Waals surface area contributed by atoms with Crippen LogP contribution in [0.4, 0.5) is 5.69 Å². The number of rotatable bonds is 5. The monoisotopic (exact) mass is 360 g/mol. The predicted molar refractivity (Wildman–Crippen MR) is 99.0 cm³/mol. The molecule has 2 heterocycles. The number of carbonyl (C=O) groups is 1. The van der Waals surface area contributed by atoms with E-state index in [0.717, 1.165) is 11.1 Å². The Balaban J connectivity index is 1.45. The molecule has 27 heavy (non-hydrogen) atoms. The molecule has 4 aromatic rings. The Morgan fingerprint density at radius 3 is 2.33 bits per heavy atom. The highest BCUT2D eigenvalue weighted by molar-refractivity contribution is 6.04. The fraction of sp³-hybridized carbons (Fsp3) is 0.100. The molecule has 0 unspecified atom stereocenters. The van der Waals surface area contributed by atoms with Crippen LogP contribution in [0, 0.1) is 0 Å². The van der Waals surface area contributed by atoms with E-state index < -0.39 is 0 Å². The number of carbonyl (C=O) groups excluding carboxylic acids is 1. The highest BCUT2D eigenvalue weighted by Crippen LogP contribution is 2.21. The highest BCUT2D eigenvalue weighted by Gasteiger charge is 2.10. The van der Waals surface area contributed by atoms with Crippen LogP contribution >= 0.6 is 0 Å². The minimum Gasteiger partial charge on any atom is -0.356 e. The molecule has 0 atom stereocenters. The van der Waals surface area contributed by atoms with Gasteiger partial charge in [0.2, 0.25) is 11.7 Å². The summed E-state index contributed by atoms with van der Waals surface area (Å²) in [6, 6.07) is 16.2. The van der Waals surface area contributed by atoms with E-state index in [1.165, 1.54) is 0 Å². The van der Waals surface area contributed by atoms with Gasteiger partial charge in [0.25, 0.3) is 5.91 Å². The van der Waals surface area contributed by atoms with Crippen LogP contribution in [0.25, 0.3) is 22.7 Å². The van der Waals surface area contributed by atoms with Gasteiger partial charge in [0.15, 0.2) is 5.76 Å². The van der Waals surface area contributed by atoms with Crippen molar-refractivity contribution in [3.8, 4) is 22.7 Å². The second kappa shape index (κ2) is 7.25. The van der Waals surface area contributed by atoms with Crippen LogP contribution in [0.5, 0.6) is 0 Å². The number of hydrogen-bond donors (Lipinski definition) is 1. The molecule has 134 valence electrons. The molecule has 0 aliphatic rings. The third kappa shape index (κ3) is 3.62. The molecular weight excluding hydrogens is 344 g/mol. The average Bonchev–Trinajstić information content (AvgIpc) is 3.41. The standard InChI is InChI=1S/C20H16N4O3/c1-2-18-23-19(24-27-18)14-3-5-15(6-4-14)20(25)22-16-9-7-13(8-10-16)17-11-12-21-26-17/h3-12H,2H2,1H3,(H,22,25). The zero-order valence-corrected chi connectivity index (χ0v) is 14.5. The number of anilines is 1. The van der Waals surface area contributed by atoms with Gasteiger partial charge in [-0.1, -0.05) is 29.4 Å². The van der Waals surface area contributed by atoms with Crippen molar-refractivity contribution in [2.75, 3.05) is 5.32 Å². The summed E-state index contributed by atoms with van der Waals surface area (Å²) in [6.07, 6.45) is 2.27. The summed E-state index contributed by atoms with van der Waals surface area (Å²) in [5.74, 6) is 1.58. The first kappa shape index (κ1) is 16.7. The maximum atomic E-state index is 12.4. The highest BCUT2D eigenvalue weighted by atomic mass is 16.5. The molecule has 1 amide bonds. The lowest BCUT2D eigenvalue weighted by Gasteiger charge is -2.06. The van der Waals surface area contributed by atoms with Crippen LogP contribution < -0.4 is 5.32 Å². The Hall–Kier alpha value is -3.74. The number of nitrogens with one attached hydrogen (secondary N) is 1. The SMILES string of the molecule is CCc1nc(-c2ccc(C(=O)Nc3ccc(-c4ccno4)cc3)cc2)no1. The maximum absolute atomic E-state index is 12.4. The van der Waals surface area contributed by atoms with Gasteiger partial charge in [-0.2, -0.15) is 4.98 Å². The van der Waals surface area contributed by atoms with Gasteiger partial charge in [-0.15, -0.1) is 0 Å². The van der Waals surface area contributed by atoms with Crippen molar-refractivity contribution in [1.29, 1.82) is 0 Å². The van der Waals surface area contributed by atoms with E-state index in [4.69, 9.17) is 9.05 Å². The van der Waals surface area contributed by atoms with Gasteiger partial charge in [-0.3, -0.25) is 4.79 Å². The molecule has 0 aliphatic carbocycles. The van der Waals surface area contributed by atoms with Crippen LogP contribution in [0.3, 0.4) is 0 Å². The van der Waals surface area contributed by atoms with Crippen molar-refractivity contribution in [1.82, 2.24) is 15.3 Å². The minimum absolute atomic E-state index is 0.198. The van der Waals surface area contributed by atoms with Crippen LogP contribution in [-0.4, -0.2) is 21.2 Å². The smallest absolute Gasteiger partial charge is 0.255 e. The molecule has 0 aliphatic heterocycles. The van der Waals surface area contributed by atoms with Crippen LogP contribution in [0.2, 0.25) is 0 Å². The Labute approximate surface area is 155 Å². The first-order valence-corrected chi connectivity index (χ1v) is 8.48. The molecule has 4 rings (SSSR count). The summed E-state index contributed by atoms with van der Waals surface area (Å²) < 4.78 is 10.2. The Kier molecular flexibility index (Phi) is 4.49. The van der Waals surface area contributed by atoms with Crippen molar-refractivity contribution in [3.05, 3.63) is 72.2 Å². The molecule has 2 aromatic heterocycles. The van der Waals surface area contributed by atoms with E-state index in [9.17, 15) is 4.79 Å². The second-order valence-corrected chi connectivity index (χ2v) is 5.85. The van der Waals surface area contributed by atoms with Crippen LogP contribution in [-0.2, 0) is 6.42 Å². The van der Waals surface area contributed by atoms with Crippen molar-refractivity contribution in [2.24, 2.45) is 0 Å². The quantitative estimate of drug-likeness (QED) is 0.573. The second-order valence-electron chi connectivity index (χ2n) is 5.85. The summed E-state index contributed by atoms with van der Waals surface area (Å²) in [5, 5.41) is 10.5. The Morgan fingerprint density at radius 2 is 1.70 bits per heavy atom. The third-order valence-corrected chi connectivity index (χ3v) is 4.04. The first-order chi connectivity index (χ1) is 13.2. The summed E-state index contributed by atoms with van der Waals surface area (Å²) in [4.78, 5) is 16.7.